The lowest BCUT2D eigenvalue weighted by Crippen LogP contribution is -2.21. The average Bonchev–Trinajstić information content (AvgIpc) is 2.53. The summed E-state index contributed by atoms with van der Waals surface area (Å²) in [7, 11) is 0. The summed E-state index contributed by atoms with van der Waals surface area (Å²) in [5.74, 6) is -1.50. The summed E-state index contributed by atoms with van der Waals surface area (Å²) < 4.78 is 42.4. The van der Waals surface area contributed by atoms with Crippen LogP contribution in [0.1, 0.15) is 15.9 Å². The molecule has 0 saturated carbocycles. The fourth-order valence-electron chi connectivity index (χ4n) is 1.67. The van der Waals surface area contributed by atoms with Crippen LogP contribution in [0.4, 0.5) is 18.9 Å². The van der Waals surface area contributed by atoms with E-state index < -0.39 is 30.2 Å². The molecular weight excluding hydrogens is 313 g/mol. The van der Waals surface area contributed by atoms with Crippen molar-refractivity contribution in [2.45, 2.75) is 6.18 Å². The summed E-state index contributed by atoms with van der Waals surface area (Å²) in [4.78, 5) is 26.9. The van der Waals surface area contributed by atoms with E-state index in [0.717, 1.165) is 12.1 Å². The first kappa shape index (κ1) is 16.5. The molecule has 0 aliphatic rings. The molecule has 5 nitrogen and oxygen atoms in total. The summed E-state index contributed by atoms with van der Waals surface area (Å²) in [6.07, 6.45) is -1.77. The third-order valence-electron chi connectivity index (χ3n) is 2.71. The van der Waals surface area contributed by atoms with Crippen molar-refractivity contribution in [1.82, 2.24) is 4.98 Å². The molecule has 120 valence electrons. The van der Waals surface area contributed by atoms with Crippen molar-refractivity contribution in [3.8, 4) is 0 Å². The molecule has 0 fully saturated rings. The molecule has 1 aromatic heterocycles. The van der Waals surface area contributed by atoms with Gasteiger partial charge in [-0.3, -0.25) is 9.78 Å². The van der Waals surface area contributed by atoms with E-state index >= 15 is 0 Å². The molecule has 0 saturated heterocycles. The smallest absolute Gasteiger partial charge is 0.416 e. The van der Waals surface area contributed by atoms with Gasteiger partial charge >= 0.3 is 12.1 Å². The predicted octanol–water partition coefficient (Wildman–Crippen LogP) is 2.90. The first-order valence-electron chi connectivity index (χ1n) is 6.40. The number of hydrogen-bond acceptors (Lipinski definition) is 4. The number of carbonyl (C=O) groups is 2. The second kappa shape index (κ2) is 6.91. The Hall–Kier alpha value is -2.90. The normalized spacial score (nSPS) is 10.9. The van der Waals surface area contributed by atoms with Crippen molar-refractivity contribution in [2.75, 3.05) is 11.9 Å². The van der Waals surface area contributed by atoms with Gasteiger partial charge in [-0.25, -0.2) is 4.79 Å². The van der Waals surface area contributed by atoms with E-state index in [2.05, 4.69) is 10.3 Å². The van der Waals surface area contributed by atoms with Crippen LogP contribution >= 0.6 is 0 Å². The Morgan fingerprint density at radius 2 is 1.96 bits per heavy atom. The van der Waals surface area contributed by atoms with E-state index in [1.54, 1.807) is 0 Å². The lowest BCUT2D eigenvalue weighted by Gasteiger charge is -2.10. The molecule has 2 rings (SSSR count). The van der Waals surface area contributed by atoms with Gasteiger partial charge < -0.3 is 10.1 Å². The number of amides is 1. The van der Waals surface area contributed by atoms with E-state index in [9.17, 15) is 22.8 Å². The number of aromatic nitrogens is 1. The fourth-order valence-corrected chi connectivity index (χ4v) is 1.67. The molecule has 1 heterocycles. The number of ether oxygens (including phenoxy) is 1. The molecule has 0 aliphatic heterocycles. The predicted molar refractivity (Wildman–Crippen MR) is 74.6 cm³/mol. The first-order valence-corrected chi connectivity index (χ1v) is 6.40. The van der Waals surface area contributed by atoms with Gasteiger partial charge in [0.05, 0.1) is 11.1 Å². The minimum absolute atomic E-state index is 0.0396. The van der Waals surface area contributed by atoms with Crippen molar-refractivity contribution in [1.29, 1.82) is 0 Å². The van der Waals surface area contributed by atoms with E-state index in [1.807, 2.05) is 0 Å². The van der Waals surface area contributed by atoms with Crippen LogP contribution in [0.3, 0.4) is 0 Å². The monoisotopic (exact) mass is 324 g/mol. The molecular formula is C15H11F3N2O3. The first-order chi connectivity index (χ1) is 10.9. The van der Waals surface area contributed by atoms with Gasteiger partial charge in [-0.05, 0) is 30.3 Å². The van der Waals surface area contributed by atoms with Crippen LogP contribution < -0.4 is 5.32 Å². The summed E-state index contributed by atoms with van der Waals surface area (Å²) in [6, 6.07) is 7.13. The Morgan fingerprint density at radius 3 is 2.61 bits per heavy atom. The maximum absolute atomic E-state index is 12.6. The molecule has 0 radical (unpaired) electrons. The van der Waals surface area contributed by atoms with Crippen molar-refractivity contribution in [2.24, 2.45) is 0 Å². The molecule has 0 unspecified atom stereocenters. The van der Waals surface area contributed by atoms with Crippen molar-refractivity contribution in [3.05, 3.63) is 59.9 Å². The number of halogens is 3. The Balaban J connectivity index is 1.92. The maximum Gasteiger partial charge on any atom is 0.416 e. The minimum Gasteiger partial charge on any atom is -0.452 e. The number of nitrogens with one attached hydrogen (secondary N) is 1. The number of benzene rings is 1. The van der Waals surface area contributed by atoms with E-state index in [4.69, 9.17) is 4.74 Å². The lowest BCUT2D eigenvalue weighted by molar-refractivity contribution is -0.137. The second-order valence-electron chi connectivity index (χ2n) is 4.44. The van der Waals surface area contributed by atoms with Gasteiger partial charge in [0.1, 0.15) is 0 Å². The molecule has 1 amide bonds. The zero-order chi connectivity index (χ0) is 16.9. The topological polar surface area (TPSA) is 68.3 Å². The number of rotatable bonds is 4. The molecule has 8 heteroatoms. The van der Waals surface area contributed by atoms with Gasteiger partial charge in [-0.15, -0.1) is 0 Å². The van der Waals surface area contributed by atoms with Crippen LogP contribution in [0.2, 0.25) is 0 Å². The number of esters is 1. The molecule has 0 bridgehead atoms. The third-order valence-corrected chi connectivity index (χ3v) is 2.71. The number of nitrogens with zero attached hydrogens (tertiary/aromatic N) is 1. The van der Waals surface area contributed by atoms with Gasteiger partial charge in [0, 0.05) is 18.1 Å². The van der Waals surface area contributed by atoms with Crippen molar-refractivity contribution >= 4 is 17.6 Å². The zero-order valence-electron chi connectivity index (χ0n) is 11.6. The number of hydrogen-bond donors (Lipinski definition) is 1. The van der Waals surface area contributed by atoms with Crippen molar-refractivity contribution in [3.63, 3.8) is 0 Å². The quantitative estimate of drug-likeness (QED) is 0.878. The average molecular weight is 324 g/mol. The highest BCUT2D eigenvalue weighted by atomic mass is 19.4. The van der Waals surface area contributed by atoms with Gasteiger partial charge in [0.2, 0.25) is 0 Å². The SMILES string of the molecule is O=C(COC(=O)c1cccnc1)Nc1cccc(C(F)(F)F)c1. The number of pyridine rings is 1. The maximum atomic E-state index is 12.6. The standard InChI is InChI=1S/C15H11F3N2O3/c16-15(17,18)11-4-1-5-12(7-11)20-13(21)9-23-14(22)10-3-2-6-19-8-10/h1-8H,9H2,(H,20,21). The van der Waals surface area contributed by atoms with Crippen molar-refractivity contribution < 1.29 is 27.5 Å². The molecule has 0 aliphatic carbocycles. The number of carbonyl (C=O) groups excluding carboxylic acids is 2. The number of anilines is 1. The highest BCUT2D eigenvalue weighted by molar-refractivity contribution is 5.95. The van der Waals surface area contributed by atoms with Crippen LogP contribution in [0.5, 0.6) is 0 Å². The van der Waals surface area contributed by atoms with Gasteiger partial charge in [-0.2, -0.15) is 13.2 Å². The summed E-state index contributed by atoms with van der Waals surface area (Å²) >= 11 is 0. The summed E-state index contributed by atoms with van der Waals surface area (Å²) in [5, 5.41) is 2.23. The molecule has 0 atom stereocenters. The summed E-state index contributed by atoms with van der Waals surface area (Å²) in [5.41, 5.74) is -0.760. The zero-order valence-corrected chi connectivity index (χ0v) is 11.6. The van der Waals surface area contributed by atoms with Crippen LogP contribution in [-0.4, -0.2) is 23.5 Å². The van der Waals surface area contributed by atoms with Crippen LogP contribution in [-0.2, 0) is 15.7 Å². The van der Waals surface area contributed by atoms with Crippen LogP contribution in [0, 0.1) is 0 Å². The highest BCUT2D eigenvalue weighted by Gasteiger charge is 2.30. The van der Waals surface area contributed by atoms with E-state index in [1.165, 1.54) is 36.7 Å². The molecule has 2 aromatic rings. The molecule has 23 heavy (non-hydrogen) atoms. The highest BCUT2D eigenvalue weighted by Crippen LogP contribution is 2.30. The Morgan fingerprint density at radius 1 is 1.17 bits per heavy atom. The minimum atomic E-state index is -4.51. The summed E-state index contributed by atoms with van der Waals surface area (Å²) in [6.45, 7) is -0.621. The Bertz CT molecular complexity index is 703. The largest absolute Gasteiger partial charge is 0.452 e. The van der Waals surface area contributed by atoms with E-state index in [-0.39, 0.29) is 11.3 Å². The Kier molecular flexibility index (Phi) is 4.95. The van der Waals surface area contributed by atoms with Gasteiger partial charge in [0.25, 0.3) is 5.91 Å². The molecule has 0 spiro atoms. The van der Waals surface area contributed by atoms with E-state index in [0.29, 0.717) is 0 Å². The number of alkyl halides is 3. The Labute approximate surface area is 129 Å². The van der Waals surface area contributed by atoms with Gasteiger partial charge in [0.15, 0.2) is 6.61 Å². The second-order valence-corrected chi connectivity index (χ2v) is 4.44. The molecule has 1 aromatic carbocycles. The lowest BCUT2D eigenvalue weighted by atomic mass is 10.2. The van der Waals surface area contributed by atoms with Crippen LogP contribution in [0.25, 0.3) is 0 Å². The molecule has 1 N–H and O–H groups in total. The third kappa shape index (κ3) is 4.80. The van der Waals surface area contributed by atoms with Gasteiger partial charge in [-0.1, -0.05) is 6.07 Å². The van der Waals surface area contributed by atoms with Crippen LogP contribution in [0.15, 0.2) is 48.8 Å². The fraction of sp³-hybridized carbons (Fsp3) is 0.133.